The third kappa shape index (κ3) is 2.79. The number of amides is 1. The van der Waals surface area contributed by atoms with Gasteiger partial charge >= 0.3 is 0 Å². The van der Waals surface area contributed by atoms with Crippen LogP contribution in [0.5, 0.6) is 0 Å². The lowest BCUT2D eigenvalue weighted by atomic mass is 9.99. The van der Waals surface area contributed by atoms with Gasteiger partial charge in [-0.05, 0) is 30.9 Å². The van der Waals surface area contributed by atoms with Crippen molar-refractivity contribution in [2.75, 3.05) is 13.1 Å². The molecule has 0 unspecified atom stereocenters. The van der Waals surface area contributed by atoms with Crippen LogP contribution in [0.1, 0.15) is 19.8 Å². The van der Waals surface area contributed by atoms with E-state index in [2.05, 4.69) is 16.9 Å². The number of likely N-dealkylation sites (tertiary alicyclic amines) is 1. The van der Waals surface area contributed by atoms with Crippen LogP contribution in [0.4, 0.5) is 0 Å². The third-order valence-electron chi connectivity index (χ3n) is 4.04. The molecule has 0 radical (unpaired) electrons. The number of carbonyl (C=O) groups is 1. The largest absolute Gasteiger partial charge is 0.341 e. The Hall–Kier alpha value is -2.24. The van der Waals surface area contributed by atoms with Crippen LogP contribution in [0.25, 0.3) is 11.0 Å². The molecule has 1 aliphatic rings. The summed E-state index contributed by atoms with van der Waals surface area (Å²) in [7, 11) is 0. The Kier molecular flexibility index (Phi) is 3.68. The number of fused-ring (bicyclic) bond motifs is 1. The molecule has 2 aromatic rings. The quantitative estimate of drug-likeness (QED) is 0.827. The molecular weight excluding hydrogens is 268 g/mol. The fraction of sp³-hybridized carbons (Fsp3) is 0.467. The van der Waals surface area contributed by atoms with E-state index in [0.717, 1.165) is 25.9 Å². The van der Waals surface area contributed by atoms with Crippen molar-refractivity contribution >= 4 is 16.9 Å². The first-order valence-electron chi connectivity index (χ1n) is 7.23. The van der Waals surface area contributed by atoms with Gasteiger partial charge in [-0.1, -0.05) is 6.92 Å². The second kappa shape index (κ2) is 5.63. The van der Waals surface area contributed by atoms with E-state index < -0.39 is 0 Å². The topological polar surface area (TPSA) is 68.1 Å². The van der Waals surface area contributed by atoms with Gasteiger partial charge in [-0.3, -0.25) is 14.2 Å². The monoisotopic (exact) mass is 286 g/mol. The van der Waals surface area contributed by atoms with E-state index >= 15 is 0 Å². The zero-order valence-corrected chi connectivity index (χ0v) is 12.0. The number of rotatable bonds is 2. The molecule has 6 nitrogen and oxygen atoms in total. The molecule has 110 valence electrons. The van der Waals surface area contributed by atoms with E-state index in [1.807, 2.05) is 4.90 Å². The van der Waals surface area contributed by atoms with Crippen LogP contribution in [-0.4, -0.2) is 38.4 Å². The minimum atomic E-state index is -0.216. The minimum absolute atomic E-state index is 0.0194. The summed E-state index contributed by atoms with van der Waals surface area (Å²) >= 11 is 0. The van der Waals surface area contributed by atoms with E-state index in [9.17, 15) is 9.59 Å². The summed E-state index contributed by atoms with van der Waals surface area (Å²) in [6, 6.07) is 3.38. The van der Waals surface area contributed by atoms with Gasteiger partial charge in [-0.15, -0.1) is 0 Å². The Bertz CT molecular complexity index is 717. The van der Waals surface area contributed by atoms with E-state index in [4.69, 9.17) is 0 Å². The highest BCUT2D eigenvalue weighted by atomic mass is 16.2. The molecule has 1 saturated heterocycles. The van der Waals surface area contributed by atoms with Crippen molar-refractivity contribution in [3.8, 4) is 0 Å². The molecule has 0 spiro atoms. The normalized spacial score (nSPS) is 16.3. The summed E-state index contributed by atoms with van der Waals surface area (Å²) in [5.41, 5.74) is 0.199. The Balaban J connectivity index is 1.80. The lowest BCUT2D eigenvalue weighted by Gasteiger charge is -2.30. The molecule has 0 N–H and O–H groups in total. The van der Waals surface area contributed by atoms with Crippen LogP contribution in [0.2, 0.25) is 0 Å². The lowest BCUT2D eigenvalue weighted by Crippen LogP contribution is -2.41. The van der Waals surface area contributed by atoms with Crippen LogP contribution in [0.3, 0.4) is 0 Å². The Morgan fingerprint density at radius 3 is 2.86 bits per heavy atom. The smallest absolute Gasteiger partial charge is 0.263 e. The van der Waals surface area contributed by atoms with Gasteiger partial charge in [0.1, 0.15) is 12.9 Å². The van der Waals surface area contributed by atoms with Gasteiger partial charge in [-0.25, -0.2) is 9.97 Å². The van der Waals surface area contributed by atoms with Crippen molar-refractivity contribution in [2.45, 2.75) is 26.3 Å². The molecule has 0 bridgehead atoms. The molecule has 1 fully saturated rings. The maximum Gasteiger partial charge on any atom is 0.263 e. The first-order chi connectivity index (χ1) is 10.1. The first kappa shape index (κ1) is 13.7. The van der Waals surface area contributed by atoms with Gasteiger partial charge in [0.2, 0.25) is 5.91 Å². The standard InChI is InChI=1S/C15H18N4O2/c1-11-4-7-18(8-5-11)13(20)9-19-10-17-14-12(15(19)21)3-2-6-16-14/h2-3,6,10-11H,4-5,7-9H2,1H3. The number of carbonyl (C=O) groups excluding carboxylic acids is 1. The molecule has 3 rings (SSSR count). The SMILES string of the molecule is CC1CCN(C(=O)Cn2cnc3ncccc3c2=O)CC1. The van der Waals surface area contributed by atoms with Crippen molar-refractivity contribution in [1.82, 2.24) is 19.4 Å². The summed E-state index contributed by atoms with van der Waals surface area (Å²) in [6.07, 6.45) is 5.06. The maximum atomic E-state index is 12.3. The van der Waals surface area contributed by atoms with Gasteiger partial charge in [0.25, 0.3) is 5.56 Å². The molecule has 1 aliphatic heterocycles. The molecule has 1 amide bonds. The predicted molar refractivity (Wildman–Crippen MR) is 78.8 cm³/mol. The molecule has 0 atom stereocenters. The Morgan fingerprint density at radius 1 is 1.33 bits per heavy atom. The molecule has 2 aromatic heterocycles. The van der Waals surface area contributed by atoms with Crippen molar-refractivity contribution in [3.63, 3.8) is 0 Å². The van der Waals surface area contributed by atoms with Crippen LogP contribution < -0.4 is 5.56 Å². The lowest BCUT2D eigenvalue weighted by molar-refractivity contribution is -0.133. The second-order valence-electron chi connectivity index (χ2n) is 5.62. The van der Waals surface area contributed by atoms with Crippen molar-refractivity contribution in [2.24, 2.45) is 5.92 Å². The Morgan fingerprint density at radius 2 is 2.10 bits per heavy atom. The van der Waals surface area contributed by atoms with E-state index in [1.165, 1.54) is 10.9 Å². The van der Waals surface area contributed by atoms with E-state index in [-0.39, 0.29) is 18.0 Å². The zero-order chi connectivity index (χ0) is 14.8. The van der Waals surface area contributed by atoms with Crippen molar-refractivity contribution in [3.05, 3.63) is 35.0 Å². The van der Waals surface area contributed by atoms with Crippen LogP contribution in [0.15, 0.2) is 29.5 Å². The molecule has 3 heterocycles. The molecule has 6 heteroatoms. The average Bonchev–Trinajstić information content (AvgIpc) is 2.51. The maximum absolute atomic E-state index is 12.3. The molecule has 0 aliphatic carbocycles. The molecular formula is C15H18N4O2. The summed E-state index contributed by atoms with van der Waals surface area (Å²) in [5, 5.41) is 0.445. The Labute approximate surface area is 122 Å². The van der Waals surface area contributed by atoms with Crippen LogP contribution in [0, 0.1) is 5.92 Å². The minimum Gasteiger partial charge on any atom is -0.341 e. The van der Waals surface area contributed by atoms with Gasteiger partial charge in [0, 0.05) is 19.3 Å². The highest BCUT2D eigenvalue weighted by Crippen LogP contribution is 2.16. The summed E-state index contributed by atoms with van der Waals surface area (Å²) < 4.78 is 1.37. The van der Waals surface area contributed by atoms with Gasteiger partial charge in [0.05, 0.1) is 5.39 Å². The fourth-order valence-corrected chi connectivity index (χ4v) is 2.61. The number of pyridine rings is 1. The third-order valence-corrected chi connectivity index (χ3v) is 4.04. The fourth-order valence-electron chi connectivity index (χ4n) is 2.61. The number of nitrogens with zero attached hydrogens (tertiary/aromatic N) is 4. The summed E-state index contributed by atoms with van der Waals surface area (Å²) in [5.74, 6) is 0.652. The molecule has 0 aromatic carbocycles. The van der Waals surface area contributed by atoms with E-state index in [1.54, 1.807) is 18.3 Å². The van der Waals surface area contributed by atoms with Gasteiger partial charge < -0.3 is 4.90 Å². The van der Waals surface area contributed by atoms with E-state index in [0.29, 0.717) is 17.0 Å². The second-order valence-corrected chi connectivity index (χ2v) is 5.62. The summed E-state index contributed by atoms with van der Waals surface area (Å²) in [6.45, 7) is 3.80. The average molecular weight is 286 g/mol. The van der Waals surface area contributed by atoms with Crippen LogP contribution >= 0.6 is 0 Å². The predicted octanol–water partition coefficient (Wildman–Crippen LogP) is 1.05. The number of hydrogen-bond donors (Lipinski definition) is 0. The first-order valence-corrected chi connectivity index (χ1v) is 7.23. The van der Waals surface area contributed by atoms with Crippen molar-refractivity contribution < 1.29 is 4.79 Å². The molecule has 0 saturated carbocycles. The number of piperidine rings is 1. The number of hydrogen-bond acceptors (Lipinski definition) is 4. The van der Waals surface area contributed by atoms with Crippen molar-refractivity contribution in [1.29, 1.82) is 0 Å². The van der Waals surface area contributed by atoms with Gasteiger partial charge in [-0.2, -0.15) is 0 Å². The number of aromatic nitrogens is 3. The molecule has 21 heavy (non-hydrogen) atoms. The highest BCUT2D eigenvalue weighted by Gasteiger charge is 2.20. The summed E-state index contributed by atoms with van der Waals surface area (Å²) in [4.78, 5) is 34.6. The van der Waals surface area contributed by atoms with Crippen LogP contribution in [-0.2, 0) is 11.3 Å². The van der Waals surface area contributed by atoms with Gasteiger partial charge in [0.15, 0.2) is 5.65 Å². The zero-order valence-electron chi connectivity index (χ0n) is 12.0. The highest BCUT2D eigenvalue weighted by molar-refractivity contribution is 5.77.